The molecule has 0 atom stereocenters. The fraction of sp³-hybridized carbons (Fsp3) is 0.167. The lowest BCUT2D eigenvalue weighted by Gasteiger charge is -2.02. The molecule has 0 spiro atoms. The molecular formula is C12H14N4. The molecule has 4 heteroatoms. The van der Waals surface area contributed by atoms with Gasteiger partial charge in [0.15, 0.2) is 0 Å². The highest BCUT2D eigenvalue weighted by atomic mass is 15.0. The van der Waals surface area contributed by atoms with Crippen LogP contribution >= 0.6 is 0 Å². The highest BCUT2D eigenvalue weighted by Gasteiger charge is 2.01. The number of imidazole rings is 1. The van der Waals surface area contributed by atoms with Gasteiger partial charge in [0.2, 0.25) is 0 Å². The van der Waals surface area contributed by atoms with Gasteiger partial charge in [-0.2, -0.15) is 0 Å². The third-order valence-electron chi connectivity index (χ3n) is 2.39. The zero-order valence-electron chi connectivity index (χ0n) is 9.14. The number of rotatable bonds is 3. The van der Waals surface area contributed by atoms with E-state index in [1.807, 2.05) is 4.57 Å². The summed E-state index contributed by atoms with van der Waals surface area (Å²) in [4.78, 5) is 4.04. The number of nitrogens with zero attached hydrogens (tertiary/aromatic N) is 2. The Labute approximate surface area is 94.2 Å². The van der Waals surface area contributed by atoms with Crippen molar-refractivity contribution in [2.75, 3.05) is 0 Å². The molecule has 0 saturated heterocycles. The standard InChI is InChI=1S/C12H14N4/c1-9-2-4-10(5-3-9)6-16-7-11(12(13)14)15-8-16/h2-5,7-8H,6H2,1H3,(H3,13,14). The number of hydrogen-bond donors (Lipinski definition) is 2. The molecule has 0 aliphatic carbocycles. The molecule has 4 nitrogen and oxygen atoms in total. The molecule has 0 saturated carbocycles. The van der Waals surface area contributed by atoms with Crippen molar-refractivity contribution in [3.8, 4) is 0 Å². The smallest absolute Gasteiger partial charge is 0.143 e. The molecule has 1 heterocycles. The second-order valence-corrected chi connectivity index (χ2v) is 3.83. The van der Waals surface area contributed by atoms with Crippen LogP contribution in [0.15, 0.2) is 36.8 Å². The molecule has 1 aromatic heterocycles. The van der Waals surface area contributed by atoms with E-state index in [1.54, 1.807) is 12.5 Å². The number of nitrogen functional groups attached to an aromatic ring is 1. The van der Waals surface area contributed by atoms with Gasteiger partial charge >= 0.3 is 0 Å². The monoisotopic (exact) mass is 214 g/mol. The van der Waals surface area contributed by atoms with Crippen molar-refractivity contribution in [1.82, 2.24) is 9.55 Å². The van der Waals surface area contributed by atoms with Crippen LogP contribution in [0.2, 0.25) is 0 Å². The van der Waals surface area contributed by atoms with Crippen molar-refractivity contribution in [3.05, 3.63) is 53.6 Å². The lowest BCUT2D eigenvalue weighted by atomic mass is 10.1. The van der Waals surface area contributed by atoms with Gasteiger partial charge in [-0.25, -0.2) is 4.98 Å². The van der Waals surface area contributed by atoms with E-state index in [0.29, 0.717) is 5.69 Å². The molecular weight excluding hydrogens is 200 g/mol. The lowest BCUT2D eigenvalue weighted by molar-refractivity contribution is 0.797. The number of aryl methyl sites for hydroxylation is 1. The van der Waals surface area contributed by atoms with Crippen LogP contribution < -0.4 is 5.73 Å². The second-order valence-electron chi connectivity index (χ2n) is 3.83. The van der Waals surface area contributed by atoms with Gasteiger partial charge in [0.05, 0.1) is 6.33 Å². The predicted molar refractivity (Wildman–Crippen MR) is 63.5 cm³/mol. The maximum Gasteiger partial charge on any atom is 0.143 e. The van der Waals surface area contributed by atoms with Crippen LogP contribution in [-0.2, 0) is 6.54 Å². The highest BCUT2D eigenvalue weighted by molar-refractivity contribution is 5.92. The molecule has 2 rings (SSSR count). The maximum atomic E-state index is 7.26. The molecule has 16 heavy (non-hydrogen) atoms. The summed E-state index contributed by atoms with van der Waals surface area (Å²) in [6.07, 6.45) is 3.47. The number of aromatic nitrogens is 2. The third-order valence-corrected chi connectivity index (χ3v) is 2.39. The Morgan fingerprint density at radius 1 is 1.38 bits per heavy atom. The lowest BCUT2D eigenvalue weighted by Crippen LogP contribution is -2.11. The van der Waals surface area contributed by atoms with Crippen molar-refractivity contribution in [1.29, 1.82) is 5.41 Å². The Hall–Kier alpha value is -2.10. The number of nitrogens with one attached hydrogen (secondary N) is 1. The third kappa shape index (κ3) is 2.28. The zero-order chi connectivity index (χ0) is 11.5. The Balaban J connectivity index is 2.14. The summed E-state index contributed by atoms with van der Waals surface area (Å²) in [6.45, 7) is 2.81. The van der Waals surface area contributed by atoms with Gasteiger partial charge in [-0.1, -0.05) is 29.8 Å². The van der Waals surface area contributed by atoms with Gasteiger partial charge < -0.3 is 10.3 Å². The van der Waals surface area contributed by atoms with E-state index >= 15 is 0 Å². The summed E-state index contributed by atoms with van der Waals surface area (Å²) in [5.74, 6) is 0.00246. The first-order chi connectivity index (χ1) is 7.65. The molecule has 0 aliphatic heterocycles. The molecule has 1 aromatic carbocycles. The molecule has 3 N–H and O–H groups in total. The molecule has 0 aliphatic rings. The highest BCUT2D eigenvalue weighted by Crippen LogP contribution is 2.06. The van der Waals surface area contributed by atoms with Crippen molar-refractivity contribution in [3.63, 3.8) is 0 Å². The van der Waals surface area contributed by atoms with E-state index in [0.717, 1.165) is 6.54 Å². The minimum atomic E-state index is 0.00246. The molecule has 2 aromatic rings. The number of nitrogens with two attached hydrogens (primary N) is 1. The fourth-order valence-corrected chi connectivity index (χ4v) is 1.49. The van der Waals surface area contributed by atoms with E-state index in [9.17, 15) is 0 Å². The molecule has 0 unspecified atom stereocenters. The zero-order valence-corrected chi connectivity index (χ0v) is 9.14. The number of benzene rings is 1. The van der Waals surface area contributed by atoms with E-state index in [4.69, 9.17) is 11.1 Å². The van der Waals surface area contributed by atoms with Crippen molar-refractivity contribution in [2.45, 2.75) is 13.5 Å². The van der Waals surface area contributed by atoms with Gasteiger partial charge in [-0.15, -0.1) is 0 Å². The minimum Gasteiger partial charge on any atom is -0.382 e. The first kappa shape index (κ1) is 10.4. The van der Waals surface area contributed by atoms with Crippen LogP contribution in [-0.4, -0.2) is 15.4 Å². The van der Waals surface area contributed by atoms with Crippen LogP contribution in [0.4, 0.5) is 0 Å². The molecule has 0 bridgehead atoms. The van der Waals surface area contributed by atoms with Gasteiger partial charge in [-0.05, 0) is 12.5 Å². The van der Waals surface area contributed by atoms with Gasteiger partial charge in [-0.3, -0.25) is 5.41 Å². The quantitative estimate of drug-likeness (QED) is 0.601. The van der Waals surface area contributed by atoms with E-state index in [-0.39, 0.29) is 5.84 Å². The van der Waals surface area contributed by atoms with Crippen LogP contribution in [0.1, 0.15) is 16.8 Å². The van der Waals surface area contributed by atoms with E-state index in [2.05, 4.69) is 36.2 Å². The van der Waals surface area contributed by atoms with Crippen molar-refractivity contribution >= 4 is 5.84 Å². The largest absolute Gasteiger partial charge is 0.382 e. The fourth-order valence-electron chi connectivity index (χ4n) is 1.49. The minimum absolute atomic E-state index is 0.00246. The second kappa shape index (κ2) is 4.18. The average Bonchev–Trinajstić information content (AvgIpc) is 2.70. The Kier molecular flexibility index (Phi) is 2.72. The Morgan fingerprint density at radius 2 is 2.06 bits per heavy atom. The topological polar surface area (TPSA) is 67.7 Å². The summed E-state index contributed by atoms with van der Waals surface area (Å²) in [7, 11) is 0. The number of amidine groups is 1. The molecule has 0 radical (unpaired) electrons. The predicted octanol–water partition coefficient (Wildman–Crippen LogP) is 1.52. The van der Waals surface area contributed by atoms with Gasteiger partial charge in [0, 0.05) is 12.7 Å². The van der Waals surface area contributed by atoms with E-state index in [1.165, 1.54) is 11.1 Å². The molecule has 0 amide bonds. The summed E-state index contributed by atoms with van der Waals surface area (Å²) in [6, 6.07) is 8.34. The van der Waals surface area contributed by atoms with Crippen LogP contribution in [0.5, 0.6) is 0 Å². The molecule has 82 valence electrons. The van der Waals surface area contributed by atoms with Gasteiger partial charge in [0.25, 0.3) is 0 Å². The molecule has 0 fully saturated rings. The van der Waals surface area contributed by atoms with Crippen molar-refractivity contribution in [2.24, 2.45) is 5.73 Å². The summed E-state index contributed by atoms with van der Waals surface area (Å²) < 4.78 is 1.92. The summed E-state index contributed by atoms with van der Waals surface area (Å²) >= 11 is 0. The van der Waals surface area contributed by atoms with Gasteiger partial charge in [0.1, 0.15) is 11.5 Å². The number of hydrogen-bond acceptors (Lipinski definition) is 2. The van der Waals surface area contributed by atoms with Crippen molar-refractivity contribution < 1.29 is 0 Å². The first-order valence-electron chi connectivity index (χ1n) is 5.07. The average molecular weight is 214 g/mol. The first-order valence-corrected chi connectivity index (χ1v) is 5.07. The summed E-state index contributed by atoms with van der Waals surface area (Å²) in [5.41, 5.74) is 8.32. The Bertz CT molecular complexity index is 496. The van der Waals surface area contributed by atoms with Crippen LogP contribution in [0, 0.1) is 12.3 Å². The van der Waals surface area contributed by atoms with E-state index < -0.39 is 0 Å². The Morgan fingerprint density at radius 3 is 2.62 bits per heavy atom. The maximum absolute atomic E-state index is 7.26. The van der Waals surface area contributed by atoms with Crippen LogP contribution in [0.3, 0.4) is 0 Å². The summed E-state index contributed by atoms with van der Waals surface area (Å²) in [5, 5.41) is 7.26. The van der Waals surface area contributed by atoms with Crippen LogP contribution in [0.25, 0.3) is 0 Å². The normalized spacial score (nSPS) is 10.3. The SMILES string of the molecule is Cc1ccc(Cn2cnc(C(=N)N)c2)cc1.